The highest BCUT2D eigenvalue weighted by atomic mass is 32.1. The molecule has 1 aromatic heterocycles. The van der Waals surface area contributed by atoms with E-state index in [0.717, 1.165) is 26.5 Å². The second-order valence-electron chi connectivity index (χ2n) is 3.86. The van der Waals surface area contributed by atoms with Crippen molar-refractivity contribution in [1.29, 1.82) is 0 Å². The minimum Gasteiger partial charge on any atom is -0.497 e. The molecule has 0 aliphatic carbocycles. The molecule has 0 amide bonds. The summed E-state index contributed by atoms with van der Waals surface area (Å²) < 4.78 is 19.1. The summed E-state index contributed by atoms with van der Waals surface area (Å²) in [6, 6.07) is 12.1. The molecular weight excluding hydrogens is 249 g/mol. The fourth-order valence-corrected chi connectivity index (χ4v) is 2.75. The van der Waals surface area contributed by atoms with Crippen LogP contribution in [0.15, 0.2) is 42.5 Å². The summed E-state index contributed by atoms with van der Waals surface area (Å²) in [6.45, 7) is 0. The van der Waals surface area contributed by atoms with Crippen molar-refractivity contribution in [3.05, 3.63) is 48.3 Å². The molecule has 18 heavy (non-hydrogen) atoms. The predicted octanol–water partition coefficient (Wildman–Crippen LogP) is 4.11. The molecule has 0 saturated carbocycles. The Bertz CT molecular complexity index is 691. The lowest BCUT2D eigenvalue weighted by molar-refractivity contribution is 0.415. The van der Waals surface area contributed by atoms with Crippen LogP contribution in [-0.4, -0.2) is 12.1 Å². The zero-order valence-electron chi connectivity index (χ0n) is 9.68. The zero-order valence-corrected chi connectivity index (χ0v) is 10.5. The van der Waals surface area contributed by atoms with Gasteiger partial charge < -0.3 is 4.74 Å². The maximum absolute atomic E-state index is 12.9. The topological polar surface area (TPSA) is 22.1 Å². The van der Waals surface area contributed by atoms with Gasteiger partial charge in [0.25, 0.3) is 0 Å². The van der Waals surface area contributed by atoms with Gasteiger partial charge in [-0.15, -0.1) is 11.3 Å². The van der Waals surface area contributed by atoms with Gasteiger partial charge in [-0.25, -0.2) is 9.37 Å². The SMILES string of the molecule is COc1ccc2nc(-c3ccc(F)cc3)sc2c1. The Morgan fingerprint density at radius 2 is 1.89 bits per heavy atom. The van der Waals surface area contributed by atoms with Gasteiger partial charge in [0.05, 0.1) is 17.3 Å². The van der Waals surface area contributed by atoms with Crippen molar-refractivity contribution >= 4 is 21.6 Å². The third-order valence-corrected chi connectivity index (χ3v) is 3.75. The number of hydrogen-bond acceptors (Lipinski definition) is 3. The Hall–Kier alpha value is -1.94. The number of benzene rings is 2. The van der Waals surface area contributed by atoms with Gasteiger partial charge in [0.2, 0.25) is 0 Å². The van der Waals surface area contributed by atoms with E-state index >= 15 is 0 Å². The predicted molar refractivity (Wildman–Crippen MR) is 71.6 cm³/mol. The molecular formula is C14H10FNOS. The summed E-state index contributed by atoms with van der Waals surface area (Å²) in [5.41, 5.74) is 1.86. The van der Waals surface area contributed by atoms with E-state index in [-0.39, 0.29) is 5.82 Å². The van der Waals surface area contributed by atoms with Gasteiger partial charge >= 0.3 is 0 Å². The first-order valence-electron chi connectivity index (χ1n) is 5.47. The number of aromatic nitrogens is 1. The Kier molecular flexibility index (Phi) is 2.72. The van der Waals surface area contributed by atoms with Gasteiger partial charge in [-0.3, -0.25) is 0 Å². The van der Waals surface area contributed by atoms with E-state index in [1.54, 1.807) is 30.6 Å². The summed E-state index contributed by atoms with van der Waals surface area (Å²) in [5, 5.41) is 0.887. The third-order valence-electron chi connectivity index (χ3n) is 2.69. The second kappa shape index (κ2) is 4.38. The third kappa shape index (κ3) is 1.95. The normalized spacial score (nSPS) is 10.8. The molecule has 1 heterocycles. The molecule has 0 saturated heterocycles. The molecule has 2 aromatic carbocycles. The molecule has 0 aliphatic rings. The molecule has 0 N–H and O–H groups in total. The van der Waals surface area contributed by atoms with E-state index in [0.29, 0.717) is 0 Å². The number of nitrogens with zero attached hydrogens (tertiary/aromatic N) is 1. The highest BCUT2D eigenvalue weighted by Crippen LogP contribution is 2.32. The minimum atomic E-state index is -0.235. The lowest BCUT2D eigenvalue weighted by Crippen LogP contribution is -1.80. The summed E-state index contributed by atoms with van der Waals surface area (Å²) in [4.78, 5) is 4.53. The van der Waals surface area contributed by atoms with Crippen LogP contribution < -0.4 is 4.74 Å². The van der Waals surface area contributed by atoms with Gasteiger partial charge in [0, 0.05) is 5.56 Å². The number of ether oxygens (including phenoxy) is 1. The fraction of sp³-hybridized carbons (Fsp3) is 0.0714. The number of halogens is 1. The smallest absolute Gasteiger partial charge is 0.124 e. The largest absolute Gasteiger partial charge is 0.497 e. The van der Waals surface area contributed by atoms with Crippen LogP contribution >= 0.6 is 11.3 Å². The van der Waals surface area contributed by atoms with Crippen molar-refractivity contribution in [2.75, 3.05) is 7.11 Å². The molecule has 4 heteroatoms. The molecule has 2 nitrogen and oxygen atoms in total. The van der Waals surface area contributed by atoms with E-state index in [9.17, 15) is 4.39 Å². The number of rotatable bonds is 2. The number of fused-ring (bicyclic) bond motifs is 1. The van der Waals surface area contributed by atoms with Crippen molar-refractivity contribution in [3.63, 3.8) is 0 Å². The number of methoxy groups -OCH3 is 1. The molecule has 3 aromatic rings. The molecule has 0 spiro atoms. The zero-order chi connectivity index (χ0) is 12.5. The van der Waals surface area contributed by atoms with Crippen LogP contribution in [0.4, 0.5) is 4.39 Å². The first-order chi connectivity index (χ1) is 8.76. The fourth-order valence-electron chi connectivity index (χ4n) is 1.75. The van der Waals surface area contributed by atoms with E-state index in [2.05, 4.69) is 4.98 Å². The Morgan fingerprint density at radius 3 is 2.61 bits per heavy atom. The van der Waals surface area contributed by atoms with Gasteiger partial charge in [-0.1, -0.05) is 0 Å². The van der Waals surface area contributed by atoms with Crippen molar-refractivity contribution < 1.29 is 9.13 Å². The van der Waals surface area contributed by atoms with Crippen molar-refractivity contribution in [1.82, 2.24) is 4.98 Å². The van der Waals surface area contributed by atoms with E-state index in [4.69, 9.17) is 4.74 Å². The van der Waals surface area contributed by atoms with Crippen molar-refractivity contribution in [3.8, 4) is 16.3 Å². The maximum atomic E-state index is 12.9. The molecule has 0 fully saturated rings. The molecule has 0 aliphatic heterocycles. The standard InChI is InChI=1S/C14H10FNOS/c1-17-11-6-7-12-13(8-11)18-14(16-12)9-2-4-10(15)5-3-9/h2-8H,1H3. The van der Waals surface area contributed by atoms with E-state index in [1.165, 1.54) is 12.1 Å². The van der Waals surface area contributed by atoms with Crippen LogP contribution in [0.3, 0.4) is 0 Å². The van der Waals surface area contributed by atoms with Gasteiger partial charge in [-0.2, -0.15) is 0 Å². The van der Waals surface area contributed by atoms with Crippen LogP contribution in [0.25, 0.3) is 20.8 Å². The average Bonchev–Trinajstić information content (AvgIpc) is 2.82. The molecule has 0 atom stereocenters. The summed E-state index contributed by atoms with van der Waals surface area (Å²) in [6.07, 6.45) is 0. The van der Waals surface area contributed by atoms with E-state index in [1.807, 2.05) is 18.2 Å². The van der Waals surface area contributed by atoms with Crippen LogP contribution in [-0.2, 0) is 0 Å². The van der Waals surface area contributed by atoms with Crippen molar-refractivity contribution in [2.45, 2.75) is 0 Å². The highest BCUT2D eigenvalue weighted by Gasteiger charge is 2.07. The number of thiazole rings is 1. The van der Waals surface area contributed by atoms with Gasteiger partial charge in [0.15, 0.2) is 0 Å². The quantitative estimate of drug-likeness (QED) is 0.691. The Balaban J connectivity index is 2.10. The van der Waals surface area contributed by atoms with Crippen LogP contribution in [0, 0.1) is 5.82 Å². The summed E-state index contributed by atoms with van der Waals surface area (Å²) >= 11 is 1.57. The van der Waals surface area contributed by atoms with E-state index < -0.39 is 0 Å². The molecule has 90 valence electrons. The highest BCUT2D eigenvalue weighted by molar-refractivity contribution is 7.21. The molecule has 0 radical (unpaired) electrons. The van der Waals surface area contributed by atoms with Crippen LogP contribution in [0.5, 0.6) is 5.75 Å². The summed E-state index contributed by atoms with van der Waals surface area (Å²) in [5.74, 6) is 0.582. The van der Waals surface area contributed by atoms with Crippen molar-refractivity contribution in [2.24, 2.45) is 0 Å². The maximum Gasteiger partial charge on any atom is 0.124 e. The monoisotopic (exact) mass is 259 g/mol. The Morgan fingerprint density at radius 1 is 1.11 bits per heavy atom. The average molecular weight is 259 g/mol. The first kappa shape index (κ1) is 11.2. The van der Waals surface area contributed by atoms with Gasteiger partial charge in [-0.05, 0) is 42.5 Å². The minimum absolute atomic E-state index is 0.235. The molecule has 3 rings (SSSR count). The van der Waals surface area contributed by atoms with Crippen LogP contribution in [0.1, 0.15) is 0 Å². The Labute approximate surface area is 108 Å². The lowest BCUT2D eigenvalue weighted by Gasteiger charge is -1.96. The first-order valence-corrected chi connectivity index (χ1v) is 6.28. The molecule has 0 unspecified atom stereocenters. The second-order valence-corrected chi connectivity index (χ2v) is 4.89. The molecule has 0 bridgehead atoms. The van der Waals surface area contributed by atoms with Crippen LogP contribution in [0.2, 0.25) is 0 Å². The number of hydrogen-bond donors (Lipinski definition) is 0. The summed E-state index contributed by atoms with van der Waals surface area (Å²) in [7, 11) is 1.64. The lowest BCUT2D eigenvalue weighted by atomic mass is 10.2. The van der Waals surface area contributed by atoms with Gasteiger partial charge in [0.1, 0.15) is 16.6 Å².